The van der Waals surface area contributed by atoms with Gasteiger partial charge < -0.3 is 5.11 Å². The highest BCUT2D eigenvalue weighted by Gasteiger charge is 1.88. The fourth-order valence-corrected chi connectivity index (χ4v) is 0. The predicted octanol–water partition coefficient (Wildman–Crippen LogP) is 0.591. The molecule has 0 bridgehead atoms. The molecule has 0 heterocycles. The van der Waals surface area contributed by atoms with Crippen molar-refractivity contribution >= 4 is 0 Å². The van der Waals surface area contributed by atoms with Crippen molar-refractivity contribution in [3.63, 3.8) is 0 Å². The second-order valence-electron chi connectivity index (χ2n) is 1.14. The van der Waals surface area contributed by atoms with Crippen molar-refractivity contribution in [2.24, 2.45) is 0 Å². The lowest BCUT2D eigenvalue weighted by Gasteiger charge is -1.84. The van der Waals surface area contributed by atoms with E-state index in [2.05, 4.69) is 6.92 Å². The summed E-state index contributed by atoms with van der Waals surface area (Å²) in [5.74, 6) is 0. The van der Waals surface area contributed by atoms with Crippen LogP contribution in [-0.2, 0) is 0 Å². The summed E-state index contributed by atoms with van der Waals surface area (Å²) in [6.07, 6.45) is 0.384. The second kappa shape index (κ2) is 2.09. The molecule has 1 N–H and O–H groups in total. The molecule has 0 saturated carbocycles. The Hall–Kier alpha value is -0.170. The molecule has 30 valence electrons. The van der Waals surface area contributed by atoms with Gasteiger partial charge in [0.1, 0.15) is 6.42 Å². The standard InChI is InChI=1S/C4H9O/c1-3-4(2)5/h4-5H,1,3H2,2H3/q+1. The summed E-state index contributed by atoms with van der Waals surface area (Å²) in [5.41, 5.74) is 0. The molecule has 1 heteroatoms. The maximum atomic E-state index is 8.30. The van der Waals surface area contributed by atoms with E-state index in [1.54, 1.807) is 6.92 Å². The molecule has 0 amide bonds. The van der Waals surface area contributed by atoms with Gasteiger partial charge in [0.15, 0.2) is 0 Å². The number of aliphatic hydroxyl groups is 1. The molecule has 0 aromatic rings. The first kappa shape index (κ1) is 4.83. The topological polar surface area (TPSA) is 20.2 Å². The summed E-state index contributed by atoms with van der Waals surface area (Å²) in [6, 6.07) is 0. The summed E-state index contributed by atoms with van der Waals surface area (Å²) in [5, 5.41) is 8.30. The van der Waals surface area contributed by atoms with E-state index in [9.17, 15) is 0 Å². The quantitative estimate of drug-likeness (QED) is 0.450. The predicted molar refractivity (Wildman–Crippen MR) is 21.7 cm³/mol. The van der Waals surface area contributed by atoms with Crippen LogP contribution in [0, 0.1) is 6.92 Å². The molecule has 0 aliphatic rings. The Morgan fingerprint density at radius 1 is 2.00 bits per heavy atom. The van der Waals surface area contributed by atoms with Crippen LogP contribution in [0.2, 0.25) is 0 Å². The number of hydrogen-bond acceptors (Lipinski definition) is 1. The third kappa shape index (κ3) is 3.83. The van der Waals surface area contributed by atoms with Crippen LogP contribution in [-0.4, -0.2) is 11.2 Å². The highest BCUT2D eigenvalue weighted by molar-refractivity contribution is 4.44. The van der Waals surface area contributed by atoms with Gasteiger partial charge in [-0.2, -0.15) is 0 Å². The van der Waals surface area contributed by atoms with Crippen molar-refractivity contribution < 1.29 is 5.11 Å². The van der Waals surface area contributed by atoms with Gasteiger partial charge in [0.05, 0.1) is 13.0 Å². The Kier molecular flexibility index (Phi) is 2.02. The van der Waals surface area contributed by atoms with E-state index in [0.717, 1.165) is 0 Å². The summed E-state index contributed by atoms with van der Waals surface area (Å²) in [7, 11) is 0. The number of aliphatic hydroxyl groups excluding tert-OH is 1. The molecule has 0 aromatic heterocycles. The molecule has 1 unspecified atom stereocenters. The van der Waals surface area contributed by atoms with Crippen molar-refractivity contribution in [1.82, 2.24) is 0 Å². The smallest absolute Gasteiger partial charge is 0.111 e. The van der Waals surface area contributed by atoms with Crippen molar-refractivity contribution in [1.29, 1.82) is 0 Å². The average molecular weight is 73.1 g/mol. The molecule has 0 radical (unpaired) electrons. The van der Waals surface area contributed by atoms with Gasteiger partial charge >= 0.3 is 0 Å². The van der Waals surface area contributed by atoms with Crippen LogP contribution in [0.25, 0.3) is 0 Å². The lowest BCUT2D eigenvalue weighted by Crippen LogP contribution is -1.93. The van der Waals surface area contributed by atoms with Crippen molar-refractivity contribution in [3.8, 4) is 0 Å². The van der Waals surface area contributed by atoms with Gasteiger partial charge in [-0.3, -0.25) is 0 Å². The maximum absolute atomic E-state index is 8.30. The van der Waals surface area contributed by atoms with Crippen molar-refractivity contribution in [2.75, 3.05) is 0 Å². The average Bonchev–Trinajstić information content (AvgIpc) is 1.38. The zero-order chi connectivity index (χ0) is 4.28. The minimum atomic E-state index is -0.227. The normalized spacial score (nSPS) is 14.8. The Labute approximate surface area is 32.6 Å². The second-order valence-corrected chi connectivity index (χ2v) is 1.14. The number of hydrogen-bond donors (Lipinski definition) is 1. The van der Waals surface area contributed by atoms with Gasteiger partial charge in [-0.1, -0.05) is 0 Å². The third-order valence-electron chi connectivity index (χ3n) is 0.418. The van der Waals surface area contributed by atoms with Gasteiger partial charge in [0.2, 0.25) is 0 Å². The molecular weight excluding hydrogens is 64.0 g/mol. The van der Waals surface area contributed by atoms with Crippen LogP contribution in [0.3, 0.4) is 0 Å². The van der Waals surface area contributed by atoms with E-state index in [4.69, 9.17) is 5.11 Å². The van der Waals surface area contributed by atoms with Gasteiger partial charge in [-0.05, 0) is 6.92 Å². The maximum Gasteiger partial charge on any atom is 0.111 e. The van der Waals surface area contributed by atoms with E-state index < -0.39 is 0 Å². The minimum absolute atomic E-state index is 0.227. The van der Waals surface area contributed by atoms with Gasteiger partial charge in [-0.15, -0.1) is 0 Å². The number of rotatable bonds is 1. The van der Waals surface area contributed by atoms with Gasteiger partial charge in [0.25, 0.3) is 0 Å². The molecule has 1 atom stereocenters. The summed E-state index contributed by atoms with van der Waals surface area (Å²) in [6.45, 7) is 5.15. The van der Waals surface area contributed by atoms with E-state index >= 15 is 0 Å². The Balaban J connectivity index is 2.54. The largest absolute Gasteiger partial charge is 0.389 e. The Bertz CT molecular complexity index is 17.6. The van der Waals surface area contributed by atoms with E-state index in [-0.39, 0.29) is 6.10 Å². The highest BCUT2D eigenvalue weighted by Crippen LogP contribution is 1.80. The lowest BCUT2D eigenvalue weighted by atomic mass is 10.3. The Morgan fingerprint density at radius 2 is 2.20 bits per heavy atom. The van der Waals surface area contributed by atoms with Crippen LogP contribution >= 0.6 is 0 Å². The molecule has 1 nitrogen and oxygen atoms in total. The molecular formula is C4H9O+. The first-order chi connectivity index (χ1) is 2.27. The summed E-state index contributed by atoms with van der Waals surface area (Å²) >= 11 is 0. The molecule has 5 heavy (non-hydrogen) atoms. The fourth-order valence-electron chi connectivity index (χ4n) is 0. The van der Waals surface area contributed by atoms with Crippen molar-refractivity contribution in [3.05, 3.63) is 6.92 Å². The summed E-state index contributed by atoms with van der Waals surface area (Å²) in [4.78, 5) is 0. The monoisotopic (exact) mass is 73.1 g/mol. The molecule has 0 spiro atoms. The summed E-state index contributed by atoms with van der Waals surface area (Å²) < 4.78 is 0. The molecule has 0 fully saturated rings. The van der Waals surface area contributed by atoms with E-state index in [0.29, 0.717) is 6.42 Å². The van der Waals surface area contributed by atoms with Crippen LogP contribution in [0.15, 0.2) is 0 Å². The molecule has 0 rings (SSSR count). The van der Waals surface area contributed by atoms with Gasteiger partial charge in [0, 0.05) is 0 Å². The lowest BCUT2D eigenvalue weighted by molar-refractivity contribution is 0.198. The van der Waals surface area contributed by atoms with Gasteiger partial charge in [-0.25, -0.2) is 0 Å². The fraction of sp³-hybridized carbons (Fsp3) is 0.750. The molecule has 0 aliphatic carbocycles. The zero-order valence-corrected chi connectivity index (χ0v) is 3.44. The minimum Gasteiger partial charge on any atom is -0.389 e. The van der Waals surface area contributed by atoms with Crippen LogP contribution < -0.4 is 0 Å². The molecule has 0 saturated heterocycles. The zero-order valence-electron chi connectivity index (χ0n) is 3.44. The highest BCUT2D eigenvalue weighted by atomic mass is 16.3. The van der Waals surface area contributed by atoms with Crippen molar-refractivity contribution in [2.45, 2.75) is 19.4 Å². The van der Waals surface area contributed by atoms with E-state index in [1.165, 1.54) is 0 Å². The van der Waals surface area contributed by atoms with Crippen LogP contribution in [0.1, 0.15) is 13.3 Å². The first-order valence-corrected chi connectivity index (χ1v) is 1.74. The van der Waals surface area contributed by atoms with Crippen LogP contribution in [0.4, 0.5) is 0 Å². The Morgan fingerprint density at radius 3 is 2.20 bits per heavy atom. The van der Waals surface area contributed by atoms with Crippen LogP contribution in [0.5, 0.6) is 0 Å². The molecule has 0 aromatic carbocycles. The SMILES string of the molecule is [CH2+]CC(C)O. The first-order valence-electron chi connectivity index (χ1n) is 1.74. The van der Waals surface area contributed by atoms with E-state index in [1.807, 2.05) is 0 Å². The third-order valence-corrected chi connectivity index (χ3v) is 0.418. The molecule has 0 aliphatic heterocycles.